The number of hydrogen-bond donors (Lipinski definition) is 1. The summed E-state index contributed by atoms with van der Waals surface area (Å²) in [6, 6.07) is 20.5. The molecule has 0 aliphatic carbocycles. The Balaban J connectivity index is 1.37. The highest BCUT2D eigenvalue weighted by Crippen LogP contribution is 2.28. The average Bonchev–Trinajstić information content (AvgIpc) is 2.74. The summed E-state index contributed by atoms with van der Waals surface area (Å²) >= 11 is 0. The number of para-hydroxylation sites is 1. The van der Waals surface area contributed by atoms with Gasteiger partial charge in [-0.1, -0.05) is 48.5 Å². The second-order valence-corrected chi connectivity index (χ2v) is 7.01. The molecule has 0 atom stereocenters. The van der Waals surface area contributed by atoms with E-state index in [1.54, 1.807) is 19.4 Å². The lowest BCUT2D eigenvalue weighted by atomic mass is 10.0. The van der Waals surface area contributed by atoms with Crippen LogP contribution >= 0.6 is 0 Å². The molecule has 5 nitrogen and oxygen atoms in total. The Morgan fingerprint density at radius 2 is 1.71 bits per heavy atom. The van der Waals surface area contributed by atoms with E-state index in [0.717, 1.165) is 32.7 Å². The van der Waals surface area contributed by atoms with Gasteiger partial charge in [0.05, 0.1) is 13.3 Å². The van der Waals surface area contributed by atoms with Crippen molar-refractivity contribution in [2.24, 2.45) is 5.10 Å². The molecule has 1 aliphatic rings. The largest absolute Gasteiger partial charge is 0.504 e. The third kappa shape index (κ3) is 3.94. The lowest BCUT2D eigenvalue weighted by molar-refractivity contribution is 0.131. The predicted octanol–water partition coefficient (Wildman–Crippen LogP) is 3.71. The highest BCUT2D eigenvalue weighted by molar-refractivity contribution is 5.85. The molecule has 28 heavy (non-hydrogen) atoms. The van der Waals surface area contributed by atoms with E-state index in [-0.39, 0.29) is 5.75 Å². The summed E-state index contributed by atoms with van der Waals surface area (Å²) < 4.78 is 5.15. The maximum Gasteiger partial charge on any atom is 0.166 e. The minimum Gasteiger partial charge on any atom is -0.504 e. The van der Waals surface area contributed by atoms with Gasteiger partial charge in [-0.15, -0.1) is 0 Å². The van der Waals surface area contributed by atoms with Gasteiger partial charge in [0.1, 0.15) is 0 Å². The maximum atomic E-state index is 10.2. The van der Waals surface area contributed by atoms with Crippen LogP contribution in [0, 0.1) is 0 Å². The zero-order valence-corrected chi connectivity index (χ0v) is 16.1. The SMILES string of the molecule is COc1cccc(C=NN2CCN(Cc3cccc4ccccc34)CC2)c1O. The van der Waals surface area contributed by atoms with Gasteiger partial charge in [0.25, 0.3) is 0 Å². The molecule has 0 bridgehead atoms. The van der Waals surface area contributed by atoms with Crippen molar-refractivity contribution in [1.82, 2.24) is 9.91 Å². The van der Waals surface area contributed by atoms with Gasteiger partial charge in [-0.2, -0.15) is 5.10 Å². The first-order valence-corrected chi connectivity index (χ1v) is 9.58. The van der Waals surface area contributed by atoms with Crippen molar-refractivity contribution in [3.8, 4) is 11.5 Å². The van der Waals surface area contributed by atoms with Crippen LogP contribution in [0.25, 0.3) is 10.8 Å². The standard InChI is InChI=1S/C23H25N3O2/c1-28-22-11-5-8-19(23(22)27)16-24-26-14-12-25(13-15-26)17-20-9-4-7-18-6-2-3-10-21(18)20/h2-11,16,27H,12-15,17H2,1H3. The van der Waals surface area contributed by atoms with Crippen LogP contribution in [0.1, 0.15) is 11.1 Å². The quantitative estimate of drug-likeness (QED) is 0.691. The van der Waals surface area contributed by atoms with Crippen molar-refractivity contribution in [2.75, 3.05) is 33.3 Å². The number of aromatic hydroxyl groups is 1. The normalized spacial score (nSPS) is 15.4. The van der Waals surface area contributed by atoms with Gasteiger partial charge in [0, 0.05) is 38.3 Å². The van der Waals surface area contributed by atoms with E-state index in [9.17, 15) is 5.11 Å². The van der Waals surface area contributed by atoms with E-state index < -0.39 is 0 Å². The average molecular weight is 375 g/mol. The number of nitrogens with zero attached hydrogens (tertiary/aromatic N) is 3. The van der Waals surface area contributed by atoms with Crippen molar-refractivity contribution in [1.29, 1.82) is 0 Å². The van der Waals surface area contributed by atoms with E-state index in [1.807, 2.05) is 12.1 Å². The molecule has 3 aromatic rings. The van der Waals surface area contributed by atoms with Crippen LogP contribution in [0.2, 0.25) is 0 Å². The van der Waals surface area contributed by atoms with Crippen molar-refractivity contribution in [2.45, 2.75) is 6.54 Å². The van der Waals surface area contributed by atoms with Crippen LogP contribution in [0.4, 0.5) is 0 Å². The Morgan fingerprint density at radius 1 is 0.964 bits per heavy atom. The monoisotopic (exact) mass is 375 g/mol. The van der Waals surface area contributed by atoms with E-state index in [1.165, 1.54) is 16.3 Å². The maximum absolute atomic E-state index is 10.2. The van der Waals surface area contributed by atoms with Gasteiger partial charge in [-0.05, 0) is 28.5 Å². The minimum atomic E-state index is 0.128. The second kappa shape index (κ2) is 8.31. The topological polar surface area (TPSA) is 48.3 Å². The summed E-state index contributed by atoms with van der Waals surface area (Å²) in [6.07, 6.45) is 1.71. The van der Waals surface area contributed by atoms with Crippen LogP contribution in [0.5, 0.6) is 11.5 Å². The van der Waals surface area contributed by atoms with Gasteiger partial charge in [-0.3, -0.25) is 9.91 Å². The molecule has 1 saturated heterocycles. The first-order chi connectivity index (χ1) is 13.7. The molecule has 1 heterocycles. The summed E-state index contributed by atoms with van der Waals surface area (Å²) in [6.45, 7) is 4.61. The van der Waals surface area contributed by atoms with Gasteiger partial charge in [-0.25, -0.2) is 0 Å². The molecular weight excluding hydrogens is 350 g/mol. The first-order valence-electron chi connectivity index (χ1n) is 9.58. The smallest absolute Gasteiger partial charge is 0.166 e. The number of fused-ring (bicyclic) bond motifs is 1. The fourth-order valence-corrected chi connectivity index (χ4v) is 3.63. The van der Waals surface area contributed by atoms with Crippen molar-refractivity contribution in [3.63, 3.8) is 0 Å². The number of piperazine rings is 1. The summed E-state index contributed by atoms with van der Waals surface area (Å²) in [4.78, 5) is 2.47. The Bertz CT molecular complexity index is 973. The Labute approximate surface area is 165 Å². The molecule has 5 heteroatoms. The summed E-state index contributed by atoms with van der Waals surface area (Å²) in [5.74, 6) is 0.590. The molecule has 0 amide bonds. The number of ether oxygens (including phenoxy) is 1. The predicted molar refractivity (Wildman–Crippen MR) is 113 cm³/mol. The highest BCUT2D eigenvalue weighted by Gasteiger charge is 2.16. The van der Waals surface area contributed by atoms with E-state index in [2.05, 4.69) is 57.5 Å². The van der Waals surface area contributed by atoms with Gasteiger partial charge < -0.3 is 9.84 Å². The molecule has 4 rings (SSSR count). The number of phenolic OH excluding ortho intramolecular Hbond substituents is 1. The van der Waals surface area contributed by atoms with E-state index in [0.29, 0.717) is 11.3 Å². The summed E-state index contributed by atoms with van der Waals surface area (Å²) in [7, 11) is 1.55. The van der Waals surface area contributed by atoms with Crippen LogP contribution < -0.4 is 4.74 Å². The number of phenols is 1. The summed E-state index contributed by atoms with van der Waals surface area (Å²) in [5.41, 5.74) is 2.04. The zero-order chi connectivity index (χ0) is 19.3. The molecule has 0 radical (unpaired) electrons. The molecular formula is C23H25N3O2. The van der Waals surface area contributed by atoms with Crippen molar-refractivity contribution < 1.29 is 9.84 Å². The molecule has 3 aromatic carbocycles. The fourth-order valence-electron chi connectivity index (χ4n) is 3.63. The Kier molecular flexibility index (Phi) is 5.44. The second-order valence-electron chi connectivity index (χ2n) is 7.01. The molecule has 1 fully saturated rings. The number of hydrazone groups is 1. The van der Waals surface area contributed by atoms with Crippen LogP contribution in [0.3, 0.4) is 0 Å². The number of hydrogen-bond acceptors (Lipinski definition) is 5. The molecule has 144 valence electrons. The molecule has 0 saturated carbocycles. The zero-order valence-electron chi connectivity index (χ0n) is 16.1. The summed E-state index contributed by atoms with van der Waals surface area (Å²) in [5, 5.41) is 19.4. The number of rotatable bonds is 5. The molecule has 0 aromatic heterocycles. The third-order valence-corrected chi connectivity index (χ3v) is 5.23. The van der Waals surface area contributed by atoms with Gasteiger partial charge >= 0.3 is 0 Å². The molecule has 1 aliphatic heterocycles. The van der Waals surface area contributed by atoms with Gasteiger partial charge in [0.2, 0.25) is 0 Å². The lowest BCUT2D eigenvalue weighted by Gasteiger charge is -2.33. The third-order valence-electron chi connectivity index (χ3n) is 5.23. The molecule has 0 spiro atoms. The minimum absolute atomic E-state index is 0.128. The Morgan fingerprint density at radius 3 is 2.54 bits per heavy atom. The van der Waals surface area contributed by atoms with Crippen molar-refractivity contribution >= 4 is 17.0 Å². The van der Waals surface area contributed by atoms with E-state index in [4.69, 9.17) is 4.74 Å². The van der Waals surface area contributed by atoms with E-state index >= 15 is 0 Å². The highest BCUT2D eigenvalue weighted by atomic mass is 16.5. The fraction of sp³-hybridized carbons (Fsp3) is 0.261. The first kappa shape index (κ1) is 18.3. The molecule has 0 unspecified atom stereocenters. The van der Waals surface area contributed by atoms with Gasteiger partial charge in [0.15, 0.2) is 11.5 Å². The number of benzene rings is 3. The van der Waals surface area contributed by atoms with Crippen LogP contribution in [0.15, 0.2) is 65.8 Å². The van der Waals surface area contributed by atoms with Crippen molar-refractivity contribution in [3.05, 3.63) is 71.8 Å². The molecule has 1 N–H and O–H groups in total. The lowest BCUT2D eigenvalue weighted by Crippen LogP contribution is -2.43. The number of methoxy groups -OCH3 is 1. The van der Waals surface area contributed by atoms with Crippen LogP contribution in [-0.2, 0) is 6.54 Å². The van der Waals surface area contributed by atoms with Crippen LogP contribution in [-0.4, -0.2) is 54.5 Å². The Hall–Kier alpha value is -3.05.